The maximum atomic E-state index is 14.0. The molecule has 35 heteroatoms. The third-order valence-corrected chi connectivity index (χ3v) is 23.7. The maximum absolute atomic E-state index is 14.0. The highest BCUT2D eigenvalue weighted by molar-refractivity contribution is 8.77. The van der Waals surface area contributed by atoms with Gasteiger partial charge in [0.25, 0.3) is 0 Å². The fourth-order valence-corrected chi connectivity index (χ4v) is 17.0. The molecule has 1 aromatic heterocycles. The van der Waals surface area contributed by atoms with Gasteiger partial charge in [-0.25, -0.2) is 9.59 Å². The van der Waals surface area contributed by atoms with Gasteiger partial charge in [0.2, 0.25) is 17.6 Å². The molecular weight excluding hydrogens is 1530 g/mol. The maximum Gasteiger partial charge on any atom is 0.407 e. The van der Waals surface area contributed by atoms with Gasteiger partial charge in [-0.2, -0.15) is 5.10 Å². The molecule has 6 atom stereocenters. The highest BCUT2D eigenvalue weighted by Crippen LogP contribution is 2.53. The minimum atomic E-state index is -2.37. The number of imide groups is 1. The van der Waals surface area contributed by atoms with Crippen molar-refractivity contribution in [1.82, 2.24) is 25.9 Å². The summed E-state index contributed by atoms with van der Waals surface area (Å²) in [5.74, 6) is -4.61. The number of alkyl carbamates (subject to hydrolysis) is 2. The van der Waals surface area contributed by atoms with Crippen molar-refractivity contribution in [2.45, 2.75) is 193 Å². The predicted molar refractivity (Wildman–Crippen MR) is 419 cm³/mol. The van der Waals surface area contributed by atoms with E-state index >= 15 is 0 Å². The van der Waals surface area contributed by atoms with Crippen molar-refractivity contribution in [3.05, 3.63) is 81.2 Å². The van der Waals surface area contributed by atoms with Crippen molar-refractivity contribution >= 4 is 126 Å². The number of carbonyl (C=O) groups excluding carboxylic acids is 10. The number of phenols is 2. The summed E-state index contributed by atoms with van der Waals surface area (Å²) in [4.78, 5) is 135. The van der Waals surface area contributed by atoms with Crippen LogP contribution in [0, 0.1) is 17.3 Å². The van der Waals surface area contributed by atoms with E-state index in [0.29, 0.717) is 79.5 Å². The summed E-state index contributed by atoms with van der Waals surface area (Å²) in [6, 6.07) is 6.67. The van der Waals surface area contributed by atoms with Crippen LogP contribution in [0.3, 0.4) is 0 Å². The van der Waals surface area contributed by atoms with E-state index in [1.54, 1.807) is 25.3 Å². The van der Waals surface area contributed by atoms with E-state index in [2.05, 4.69) is 26.1 Å². The van der Waals surface area contributed by atoms with Gasteiger partial charge in [-0.1, -0.05) is 134 Å². The number of nitrogens with one attached hydrogen (secondary N) is 3. The monoisotopic (exact) mass is 1630 g/mol. The second-order valence-corrected chi connectivity index (χ2v) is 32.8. The van der Waals surface area contributed by atoms with Crippen LogP contribution in [-0.4, -0.2) is 219 Å². The van der Waals surface area contributed by atoms with Crippen LogP contribution in [0.4, 0.5) is 9.59 Å². The Kier molecular flexibility index (Phi) is 38.8. The predicted octanol–water partition coefficient (Wildman–Crippen LogP) is 8.83. The highest BCUT2D eigenvalue weighted by Gasteiger charge is 2.51. The fourth-order valence-electron chi connectivity index (χ4n) is 13.7. The average molecular weight is 1630 g/mol. The zero-order valence-electron chi connectivity index (χ0n) is 63.3. The number of esters is 3. The van der Waals surface area contributed by atoms with Crippen LogP contribution in [0.15, 0.2) is 41.6 Å². The van der Waals surface area contributed by atoms with Crippen LogP contribution >= 0.6 is 55.4 Å². The van der Waals surface area contributed by atoms with Gasteiger partial charge < -0.3 is 79.8 Å². The summed E-state index contributed by atoms with van der Waals surface area (Å²) in [5.41, 5.74) is 4.36. The molecule has 4 aliphatic rings. The number of ketones is 3. The molecule has 2 fully saturated rings. The summed E-state index contributed by atoms with van der Waals surface area (Å²) in [5, 5.41) is 64.9. The lowest BCUT2D eigenvalue weighted by Crippen LogP contribution is -2.56. The van der Waals surface area contributed by atoms with Gasteiger partial charge in [-0.3, -0.25) is 53.7 Å². The van der Waals surface area contributed by atoms with Crippen molar-refractivity contribution in [1.29, 1.82) is 0 Å². The van der Waals surface area contributed by atoms with Gasteiger partial charge in [-0.15, -0.1) is 0 Å². The summed E-state index contributed by atoms with van der Waals surface area (Å²) in [7, 11) is 7.05. The molecule has 1 aliphatic heterocycles. The molecule has 4 amide bonds. The number of nitrogens with zero attached hydrogens (tertiary/aromatic N) is 3. The van der Waals surface area contributed by atoms with Crippen LogP contribution in [0.25, 0.3) is 0 Å². The third kappa shape index (κ3) is 26.7. The SMILES string of the molecule is CCCC(CCC)C(=O)N(CC(=O)OCCSSCCOC(=O)NCC1(CC(=O)OCC)CCCCC1)C(=O)C(CCC)CCC.COc1cccc2c1C(=O)c1c(O)c3c(c(O)c1C2=O)CC(O)(C(=O)CO)C[C@H]3OC1CC(NC(=O)OCCSSCCOC(=O)Cc2cccnc2/C=N/NC(N)=S)C(O)C(C)O1. The molecule has 110 heavy (non-hydrogen) atoms. The van der Waals surface area contributed by atoms with Crippen LogP contribution in [0.5, 0.6) is 17.2 Å². The zero-order chi connectivity index (χ0) is 80.5. The number of aliphatic hydroxyl groups is 3. The molecular formula is C75H105N7O23S5. The lowest BCUT2D eigenvalue weighted by atomic mass is 9.72. The smallest absolute Gasteiger partial charge is 0.407 e. The van der Waals surface area contributed by atoms with E-state index in [0.717, 1.165) is 57.8 Å². The lowest BCUT2D eigenvalue weighted by Gasteiger charge is -2.42. The molecule has 7 rings (SSSR count). The van der Waals surface area contributed by atoms with E-state index in [1.165, 1.54) is 86.5 Å². The molecule has 30 nitrogen and oxygen atoms in total. The minimum Gasteiger partial charge on any atom is -0.507 e. The van der Waals surface area contributed by atoms with E-state index in [4.69, 9.17) is 55.8 Å². The molecule has 10 N–H and O–H groups in total. The Balaban J connectivity index is 0.000000365. The number of benzene rings is 2. The third-order valence-electron chi connectivity index (χ3n) is 18.9. The average Bonchev–Trinajstić information content (AvgIpc) is 0.710. The van der Waals surface area contributed by atoms with E-state index < -0.39 is 120 Å². The number of carbonyl (C=O) groups is 10. The number of pyridine rings is 1. The number of Topliss-reactive ketones (excluding diaryl/α,β-unsaturated/α-hetero) is 1. The summed E-state index contributed by atoms with van der Waals surface area (Å²) in [6.45, 7) is 11.1. The van der Waals surface area contributed by atoms with Crippen molar-refractivity contribution in [2.75, 3.05) is 82.9 Å². The van der Waals surface area contributed by atoms with Gasteiger partial charge in [0.1, 0.15) is 68.5 Å². The quantitative estimate of drug-likeness (QED) is 0.00293. The molecule has 3 aliphatic carbocycles. The van der Waals surface area contributed by atoms with E-state index in [9.17, 15) is 73.5 Å². The van der Waals surface area contributed by atoms with Gasteiger partial charge >= 0.3 is 30.1 Å². The summed E-state index contributed by atoms with van der Waals surface area (Å²) in [6.07, 6.45) is 6.43. The summed E-state index contributed by atoms with van der Waals surface area (Å²) < 4.78 is 43.9. The number of hydrogen-bond donors (Lipinski definition) is 9. The zero-order valence-corrected chi connectivity index (χ0v) is 67.4. The molecule has 608 valence electrons. The molecule has 1 saturated heterocycles. The first-order valence-electron chi connectivity index (χ1n) is 37.1. The molecule has 0 radical (unpaired) electrons. The number of ether oxygens (including phenoxy) is 8. The van der Waals surface area contributed by atoms with Crippen LogP contribution < -0.4 is 26.5 Å². The second kappa shape index (κ2) is 46.6. The lowest BCUT2D eigenvalue weighted by molar-refractivity contribution is -0.249. The second-order valence-electron chi connectivity index (χ2n) is 26.9. The van der Waals surface area contributed by atoms with Gasteiger partial charge in [0, 0.05) is 83.5 Å². The highest BCUT2D eigenvalue weighted by atomic mass is 33.1. The van der Waals surface area contributed by atoms with Gasteiger partial charge in [0.15, 0.2) is 23.0 Å². The van der Waals surface area contributed by atoms with Crippen LogP contribution in [0.1, 0.15) is 205 Å². The first-order valence-corrected chi connectivity index (χ1v) is 42.5. The van der Waals surface area contributed by atoms with Crippen LogP contribution in [-0.2, 0) is 74.8 Å². The number of aromatic nitrogens is 1. The van der Waals surface area contributed by atoms with Crippen molar-refractivity contribution in [3.63, 3.8) is 0 Å². The Morgan fingerprint density at radius 2 is 1.35 bits per heavy atom. The number of fused-ring (bicyclic) bond motifs is 3. The van der Waals surface area contributed by atoms with Crippen molar-refractivity contribution in [2.24, 2.45) is 28.1 Å². The Hall–Kier alpha value is -7.35. The Morgan fingerprint density at radius 1 is 0.764 bits per heavy atom. The molecule has 2 heterocycles. The molecule has 3 aromatic rings. The van der Waals surface area contributed by atoms with E-state index in [-0.39, 0.29) is 114 Å². The number of methoxy groups -OCH3 is 1. The Bertz CT molecular complexity index is 3640. The topological polar surface area (TPSA) is 436 Å². The molecule has 0 spiro atoms. The number of aromatic hydroxyl groups is 2. The Morgan fingerprint density at radius 3 is 1.92 bits per heavy atom. The summed E-state index contributed by atoms with van der Waals surface area (Å²) >= 11 is 4.71. The number of hydrogen-bond acceptors (Lipinski definition) is 30. The largest absolute Gasteiger partial charge is 0.507 e. The minimum absolute atomic E-state index is 0.0192. The number of rotatable bonds is 41. The van der Waals surface area contributed by atoms with Crippen LogP contribution in [0.2, 0.25) is 0 Å². The van der Waals surface area contributed by atoms with Gasteiger partial charge in [-0.05, 0) is 87.7 Å². The van der Waals surface area contributed by atoms with Crippen molar-refractivity contribution in [3.8, 4) is 17.2 Å². The number of amides is 4. The van der Waals surface area contributed by atoms with E-state index in [1.807, 2.05) is 27.7 Å². The van der Waals surface area contributed by atoms with Crippen molar-refractivity contribution < 1.29 is 111 Å². The molecule has 0 bridgehead atoms. The molecule has 1 saturated carbocycles. The first-order chi connectivity index (χ1) is 52.7. The first kappa shape index (κ1) is 91.5. The standard InChI is InChI=1S/C41H45N5O15S3.C34H60N2O8S2/c1-19-34(50)23(45-40(55)59-10-12-64-63-11-9-58-28(49)13-20-5-4-8-43-24(20)17-44-46-39(42)62)14-29(60-19)61-26-16-41(56,27(48)18-47)15-22-31(26)38(54)33-32(36(22)52)35(51)21-6-3-7-25(57-2)30(21)37(33)53;1-6-14-27(15-7-2)31(39)36(32(40)28(16-8-3)17-9-4)25-30(38)43-20-22-45-46-23-21-44-33(41)35-26-34(18-12-11-13-19-34)24-29(37)42-10-5/h3-8,17,19,23,26,29,34,47,50,52,54,56H,9-16,18H2,1-2H3,(H,45,55)(H3,42,46,62);27-28H,6-26H2,1-5H3,(H,35,41)/b44-17+;/t19?,23?,26-,29?,34?,41?;/m1./s1. The molecule has 5 unspecified atom stereocenters. The molecule has 2 aromatic carbocycles. The fraction of sp³-hybridized carbons (Fsp3) is 0.613. The number of nitrogens with two attached hydrogens (primary N) is 1. The van der Waals surface area contributed by atoms with Gasteiger partial charge in [0.05, 0.1) is 73.4 Å². The normalized spacial score (nSPS) is 19.0. The number of aliphatic hydroxyl groups excluding tert-OH is 2. The Labute approximate surface area is 662 Å². The number of phenolic OH excluding ortho intramolecular Hbond substituents is 2. The number of hydrazone groups is 1. The number of thiocarbonyl (C=S) groups is 1.